The summed E-state index contributed by atoms with van der Waals surface area (Å²) in [6, 6.07) is 0. The van der Waals surface area contributed by atoms with Gasteiger partial charge in [-0.3, -0.25) is 0 Å². The number of piperidine rings is 1. The number of hydrogen-bond acceptors (Lipinski definition) is 4. The van der Waals surface area contributed by atoms with E-state index < -0.39 is 5.60 Å². The predicted octanol–water partition coefficient (Wildman–Crippen LogP) is 1.92. The van der Waals surface area contributed by atoms with Crippen LogP contribution in [0.15, 0.2) is 0 Å². The second kappa shape index (κ2) is 8.38. The number of carbonyl (C=O) groups excluding carboxylic acids is 1. The van der Waals surface area contributed by atoms with E-state index in [4.69, 9.17) is 9.47 Å². The molecule has 0 aromatic rings. The summed E-state index contributed by atoms with van der Waals surface area (Å²) in [7, 11) is 0. The maximum atomic E-state index is 11.3. The van der Waals surface area contributed by atoms with Crippen molar-refractivity contribution in [3.05, 3.63) is 0 Å². The van der Waals surface area contributed by atoms with Crippen LogP contribution in [0.3, 0.4) is 0 Å². The van der Waals surface area contributed by atoms with Gasteiger partial charge in [0.05, 0.1) is 6.61 Å². The van der Waals surface area contributed by atoms with E-state index in [1.807, 2.05) is 20.8 Å². The van der Waals surface area contributed by atoms with Gasteiger partial charge in [0, 0.05) is 13.2 Å². The van der Waals surface area contributed by atoms with E-state index >= 15 is 0 Å². The molecule has 1 heterocycles. The van der Waals surface area contributed by atoms with Crippen molar-refractivity contribution in [2.75, 3.05) is 32.8 Å². The molecule has 1 fully saturated rings. The number of carbonyl (C=O) groups is 1. The van der Waals surface area contributed by atoms with E-state index in [9.17, 15) is 4.79 Å². The Morgan fingerprint density at radius 3 is 2.79 bits per heavy atom. The molecular weight excluding hydrogens is 244 g/mol. The lowest BCUT2D eigenvalue weighted by Gasteiger charge is -2.22. The second-order valence-electron chi connectivity index (χ2n) is 6.04. The van der Waals surface area contributed by atoms with Gasteiger partial charge in [-0.25, -0.2) is 4.79 Å². The van der Waals surface area contributed by atoms with Crippen LogP contribution >= 0.6 is 0 Å². The third-order valence-electron chi connectivity index (χ3n) is 2.98. The van der Waals surface area contributed by atoms with Crippen LogP contribution in [0.1, 0.15) is 40.0 Å². The lowest BCUT2D eigenvalue weighted by Crippen LogP contribution is -2.34. The summed E-state index contributed by atoms with van der Waals surface area (Å²) in [5, 5.41) is 6.07. The Balaban J connectivity index is 1.92. The third-order valence-corrected chi connectivity index (χ3v) is 2.98. The van der Waals surface area contributed by atoms with Gasteiger partial charge in [0.1, 0.15) is 5.60 Å². The summed E-state index contributed by atoms with van der Waals surface area (Å²) in [6.45, 7) is 9.61. The van der Waals surface area contributed by atoms with Crippen LogP contribution in [0.5, 0.6) is 0 Å². The minimum atomic E-state index is -0.446. The summed E-state index contributed by atoms with van der Waals surface area (Å²) in [5.41, 5.74) is -0.446. The minimum Gasteiger partial charge on any atom is -0.444 e. The predicted molar refractivity (Wildman–Crippen MR) is 75.3 cm³/mol. The van der Waals surface area contributed by atoms with Crippen molar-refractivity contribution in [1.82, 2.24) is 10.6 Å². The lowest BCUT2D eigenvalue weighted by atomic mass is 9.97. The zero-order valence-electron chi connectivity index (χ0n) is 12.5. The maximum Gasteiger partial charge on any atom is 0.407 e. The topological polar surface area (TPSA) is 59.6 Å². The highest BCUT2D eigenvalue weighted by Crippen LogP contribution is 2.13. The lowest BCUT2D eigenvalue weighted by molar-refractivity contribution is 0.0494. The van der Waals surface area contributed by atoms with Gasteiger partial charge in [-0.05, 0) is 59.0 Å². The van der Waals surface area contributed by atoms with Gasteiger partial charge < -0.3 is 20.1 Å². The van der Waals surface area contributed by atoms with Crippen LogP contribution in [0.4, 0.5) is 4.79 Å². The quantitative estimate of drug-likeness (QED) is 0.725. The fourth-order valence-corrected chi connectivity index (χ4v) is 2.06. The van der Waals surface area contributed by atoms with E-state index in [0.717, 1.165) is 32.0 Å². The van der Waals surface area contributed by atoms with Crippen LogP contribution in [-0.4, -0.2) is 44.5 Å². The standard InChI is InChI=1S/C14H28N2O3/c1-14(2,3)19-13(17)16-8-10-18-9-6-12-5-4-7-15-11-12/h12,15H,4-11H2,1-3H3,(H,16,17). The minimum absolute atomic E-state index is 0.382. The Morgan fingerprint density at radius 1 is 1.37 bits per heavy atom. The molecule has 1 unspecified atom stereocenters. The van der Waals surface area contributed by atoms with Crippen molar-refractivity contribution in [3.8, 4) is 0 Å². The zero-order chi connectivity index (χ0) is 14.1. The van der Waals surface area contributed by atoms with Crippen LogP contribution < -0.4 is 10.6 Å². The molecule has 112 valence electrons. The molecule has 0 aromatic heterocycles. The Bertz CT molecular complexity index is 258. The number of alkyl carbamates (subject to hydrolysis) is 1. The van der Waals surface area contributed by atoms with Crippen LogP contribution in [-0.2, 0) is 9.47 Å². The van der Waals surface area contributed by atoms with Crippen molar-refractivity contribution in [1.29, 1.82) is 0 Å². The molecule has 0 spiro atoms. The molecule has 5 nitrogen and oxygen atoms in total. The normalized spacial score (nSPS) is 20.1. The Labute approximate surface area is 116 Å². The fourth-order valence-electron chi connectivity index (χ4n) is 2.06. The summed E-state index contributed by atoms with van der Waals surface area (Å²) in [5.74, 6) is 0.743. The molecule has 19 heavy (non-hydrogen) atoms. The number of hydrogen-bond donors (Lipinski definition) is 2. The Kier molecular flexibility index (Phi) is 7.16. The maximum absolute atomic E-state index is 11.3. The van der Waals surface area contributed by atoms with Gasteiger partial charge in [0.2, 0.25) is 0 Å². The molecule has 0 bridgehead atoms. The first-order chi connectivity index (χ1) is 8.97. The van der Waals surface area contributed by atoms with E-state index in [-0.39, 0.29) is 6.09 Å². The Hall–Kier alpha value is -0.810. The van der Waals surface area contributed by atoms with Crippen molar-refractivity contribution in [3.63, 3.8) is 0 Å². The average molecular weight is 272 g/mol. The molecule has 0 aromatic carbocycles. The highest BCUT2D eigenvalue weighted by molar-refractivity contribution is 5.67. The first-order valence-corrected chi connectivity index (χ1v) is 7.23. The van der Waals surface area contributed by atoms with Gasteiger partial charge in [-0.2, -0.15) is 0 Å². The smallest absolute Gasteiger partial charge is 0.407 e. The largest absolute Gasteiger partial charge is 0.444 e. The number of rotatable bonds is 6. The van der Waals surface area contributed by atoms with Gasteiger partial charge in [-0.15, -0.1) is 0 Å². The van der Waals surface area contributed by atoms with Gasteiger partial charge in [-0.1, -0.05) is 0 Å². The van der Waals surface area contributed by atoms with Crippen molar-refractivity contribution < 1.29 is 14.3 Å². The molecule has 0 aliphatic carbocycles. The Morgan fingerprint density at radius 2 is 2.16 bits per heavy atom. The molecule has 1 rings (SSSR count). The van der Waals surface area contributed by atoms with Crippen LogP contribution in [0.25, 0.3) is 0 Å². The summed E-state index contributed by atoms with van der Waals surface area (Å²) in [6.07, 6.45) is 3.28. The molecule has 0 radical (unpaired) electrons. The SMILES string of the molecule is CC(C)(C)OC(=O)NCCOCCC1CCCNC1. The molecule has 1 aliphatic heterocycles. The molecule has 2 N–H and O–H groups in total. The van der Waals surface area contributed by atoms with Gasteiger partial charge in [0.15, 0.2) is 0 Å². The van der Waals surface area contributed by atoms with Gasteiger partial charge >= 0.3 is 6.09 Å². The van der Waals surface area contributed by atoms with Crippen LogP contribution in [0, 0.1) is 5.92 Å². The van der Waals surface area contributed by atoms with Gasteiger partial charge in [0.25, 0.3) is 0 Å². The molecule has 5 heteroatoms. The molecule has 0 saturated carbocycles. The van der Waals surface area contributed by atoms with Crippen molar-refractivity contribution in [2.45, 2.75) is 45.6 Å². The highest BCUT2D eigenvalue weighted by atomic mass is 16.6. The monoisotopic (exact) mass is 272 g/mol. The van der Waals surface area contributed by atoms with Crippen molar-refractivity contribution >= 4 is 6.09 Å². The zero-order valence-corrected chi connectivity index (χ0v) is 12.5. The fraction of sp³-hybridized carbons (Fsp3) is 0.929. The summed E-state index contributed by atoms with van der Waals surface area (Å²) < 4.78 is 10.6. The van der Waals surface area contributed by atoms with E-state index in [1.54, 1.807) is 0 Å². The highest BCUT2D eigenvalue weighted by Gasteiger charge is 2.15. The average Bonchev–Trinajstić information content (AvgIpc) is 2.32. The van der Waals surface area contributed by atoms with Crippen LogP contribution in [0.2, 0.25) is 0 Å². The molecule has 1 aliphatic rings. The third kappa shape index (κ3) is 8.83. The summed E-state index contributed by atoms with van der Waals surface area (Å²) in [4.78, 5) is 11.3. The van der Waals surface area contributed by atoms with E-state index in [2.05, 4.69) is 10.6 Å². The van der Waals surface area contributed by atoms with E-state index in [1.165, 1.54) is 12.8 Å². The number of amides is 1. The number of nitrogens with one attached hydrogen (secondary N) is 2. The van der Waals surface area contributed by atoms with Crippen molar-refractivity contribution in [2.24, 2.45) is 5.92 Å². The molecule has 1 amide bonds. The second-order valence-corrected chi connectivity index (χ2v) is 6.04. The molecule has 1 atom stereocenters. The first-order valence-electron chi connectivity index (χ1n) is 7.23. The molecular formula is C14H28N2O3. The summed E-state index contributed by atoms with van der Waals surface area (Å²) >= 11 is 0. The first kappa shape index (κ1) is 16.2. The van der Waals surface area contributed by atoms with E-state index in [0.29, 0.717) is 13.2 Å². The molecule has 1 saturated heterocycles. The number of ether oxygens (including phenoxy) is 2.